The maximum atomic E-state index is 13.4. The number of hydrogen-bond donors (Lipinski definition) is 1. The van der Waals surface area contributed by atoms with Crippen LogP contribution < -0.4 is 0 Å². The monoisotopic (exact) mass is 392 g/mol. The quantitative estimate of drug-likeness (QED) is 0.786. The second-order valence-electron chi connectivity index (χ2n) is 6.38. The van der Waals surface area contributed by atoms with Gasteiger partial charge in [0.2, 0.25) is 0 Å². The lowest BCUT2D eigenvalue weighted by atomic mass is 9.86. The molecule has 1 aliphatic rings. The molecule has 23 heavy (non-hydrogen) atoms. The summed E-state index contributed by atoms with van der Waals surface area (Å²) in [6.07, 6.45) is -5.80. The first-order chi connectivity index (χ1) is 10.4. The molecular formula is C15H16BrF3N2O2. The molecule has 0 saturated carbocycles. The maximum Gasteiger partial charge on any atom is 0.438 e. The van der Waals surface area contributed by atoms with Crippen molar-refractivity contribution in [3.63, 3.8) is 0 Å². The minimum absolute atomic E-state index is 0.00548. The summed E-state index contributed by atoms with van der Waals surface area (Å²) in [4.78, 5) is 12.5. The SMILES string of the molecule is CC(C)(C)C1=NN(C(=O)c2ccccc2Br)[C@@](O)(C(F)(F)F)C1. The molecule has 8 heteroatoms. The number of alkyl halides is 3. The van der Waals surface area contributed by atoms with Gasteiger partial charge in [-0.25, -0.2) is 0 Å². The summed E-state index contributed by atoms with van der Waals surface area (Å²) in [6.45, 7) is 5.03. The lowest BCUT2D eigenvalue weighted by Gasteiger charge is -2.33. The second-order valence-corrected chi connectivity index (χ2v) is 7.24. The van der Waals surface area contributed by atoms with E-state index in [1.807, 2.05) is 0 Å². The van der Waals surface area contributed by atoms with E-state index < -0.39 is 29.6 Å². The number of nitrogens with zero attached hydrogens (tertiary/aromatic N) is 2. The van der Waals surface area contributed by atoms with E-state index in [1.54, 1.807) is 26.8 Å². The molecule has 0 spiro atoms. The average Bonchev–Trinajstić information content (AvgIpc) is 2.77. The Kier molecular flexibility index (Phi) is 4.36. The highest BCUT2D eigenvalue weighted by atomic mass is 79.9. The first-order valence-electron chi connectivity index (χ1n) is 6.84. The topological polar surface area (TPSA) is 52.9 Å². The summed E-state index contributed by atoms with van der Waals surface area (Å²) in [7, 11) is 0. The Morgan fingerprint density at radius 1 is 1.30 bits per heavy atom. The highest BCUT2D eigenvalue weighted by molar-refractivity contribution is 9.10. The van der Waals surface area contributed by atoms with Crippen LogP contribution in [0.2, 0.25) is 0 Å². The highest BCUT2D eigenvalue weighted by Crippen LogP contribution is 2.44. The third kappa shape index (κ3) is 3.14. The van der Waals surface area contributed by atoms with Crippen molar-refractivity contribution in [2.45, 2.75) is 39.1 Å². The first-order valence-corrected chi connectivity index (χ1v) is 7.63. The van der Waals surface area contributed by atoms with Crippen molar-refractivity contribution in [3.05, 3.63) is 34.3 Å². The predicted molar refractivity (Wildman–Crippen MR) is 82.8 cm³/mol. The molecule has 1 aliphatic heterocycles. The fourth-order valence-electron chi connectivity index (χ4n) is 2.14. The van der Waals surface area contributed by atoms with Crippen LogP contribution in [0.15, 0.2) is 33.8 Å². The number of aliphatic hydroxyl groups is 1. The molecule has 0 unspecified atom stereocenters. The van der Waals surface area contributed by atoms with Crippen molar-refractivity contribution in [2.75, 3.05) is 0 Å². The zero-order valence-electron chi connectivity index (χ0n) is 12.8. The molecular weight excluding hydrogens is 377 g/mol. The van der Waals surface area contributed by atoms with Crippen molar-refractivity contribution in [1.82, 2.24) is 5.01 Å². The summed E-state index contributed by atoms with van der Waals surface area (Å²) in [5.41, 5.74) is -3.95. The van der Waals surface area contributed by atoms with Crippen molar-refractivity contribution in [2.24, 2.45) is 10.5 Å². The van der Waals surface area contributed by atoms with Gasteiger partial charge in [0.25, 0.3) is 11.6 Å². The van der Waals surface area contributed by atoms with Gasteiger partial charge in [-0.15, -0.1) is 0 Å². The van der Waals surface area contributed by atoms with Crippen LogP contribution in [0.25, 0.3) is 0 Å². The van der Waals surface area contributed by atoms with Crippen molar-refractivity contribution < 1.29 is 23.1 Å². The van der Waals surface area contributed by atoms with Crippen LogP contribution in [0.1, 0.15) is 37.6 Å². The van der Waals surface area contributed by atoms with Gasteiger partial charge in [0.1, 0.15) is 0 Å². The van der Waals surface area contributed by atoms with E-state index in [-0.39, 0.29) is 16.3 Å². The summed E-state index contributed by atoms with van der Waals surface area (Å²) in [6, 6.07) is 6.05. The van der Waals surface area contributed by atoms with Gasteiger partial charge in [-0.3, -0.25) is 4.79 Å². The summed E-state index contributed by atoms with van der Waals surface area (Å²) in [5, 5.41) is 14.1. The summed E-state index contributed by atoms with van der Waals surface area (Å²) >= 11 is 3.13. The van der Waals surface area contributed by atoms with Crippen molar-refractivity contribution in [3.8, 4) is 0 Å². The molecule has 1 N–H and O–H groups in total. The number of amides is 1. The molecule has 1 heterocycles. The first kappa shape index (κ1) is 17.9. The van der Waals surface area contributed by atoms with E-state index in [0.717, 1.165) is 0 Å². The molecule has 0 radical (unpaired) electrons. The smallest absolute Gasteiger partial charge is 0.362 e. The molecule has 4 nitrogen and oxygen atoms in total. The van der Waals surface area contributed by atoms with Crippen LogP contribution in [-0.2, 0) is 0 Å². The van der Waals surface area contributed by atoms with Gasteiger partial charge < -0.3 is 5.11 Å². The number of carbonyl (C=O) groups is 1. The van der Waals surface area contributed by atoms with E-state index >= 15 is 0 Å². The fourth-order valence-corrected chi connectivity index (χ4v) is 2.60. The molecule has 126 valence electrons. The van der Waals surface area contributed by atoms with Crippen LogP contribution in [-0.4, -0.2) is 33.6 Å². The lowest BCUT2D eigenvalue weighted by molar-refractivity contribution is -0.297. The van der Waals surface area contributed by atoms with E-state index in [1.165, 1.54) is 18.2 Å². The molecule has 0 bridgehead atoms. The second kappa shape index (κ2) is 5.59. The Labute approximate surface area is 140 Å². The van der Waals surface area contributed by atoms with Crippen LogP contribution in [0.3, 0.4) is 0 Å². The molecule has 1 atom stereocenters. The van der Waals surface area contributed by atoms with Gasteiger partial charge in [0.05, 0.1) is 5.56 Å². The zero-order valence-corrected chi connectivity index (χ0v) is 14.4. The summed E-state index contributed by atoms with van der Waals surface area (Å²) < 4.78 is 40.5. The van der Waals surface area contributed by atoms with Crippen LogP contribution in [0, 0.1) is 5.41 Å². The molecule has 1 aromatic carbocycles. The van der Waals surface area contributed by atoms with Crippen molar-refractivity contribution in [1.29, 1.82) is 0 Å². The lowest BCUT2D eigenvalue weighted by Crippen LogP contribution is -2.56. The molecule has 0 aromatic heterocycles. The fraction of sp³-hybridized carbons (Fsp3) is 0.467. The number of carbonyl (C=O) groups excluding carboxylic acids is 1. The van der Waals surface area contributed by atoms with Gasteiger partial charge >= 0.3 is 6.18 Å². The Balaban J connectivity index is 2.53. The number of hydrogen-bond acceptors (Lipinski definition) is 3. The minimum Gasteiger partial charge on any atom is -0.362 e. The standard InChI is InChI=1S/C15H16BrF3N2O2/c1-13(2,3)11-8-14(23,15(17,18)19)21(20-11)12(22)9-6-4-5-7-10(9)16/h4-7,23H,8H2,1-3H3/t14-/m0/s1. The van der Waals surface area contributed by atoms with Crippen LogP contribution >= 0.6 is 15.9 Å². The highest BCUT2D eigenvalue weighted by Gasteiger charge is 2.64. The van der Waals surface area contributed by atoms with Crippen LogP contribution in [0.5, 0.6) is 0 Å². The predicted octanol–water partition coefficient (Wildman–Crippen LogP) is 3.95. The minimum atomic E-state index is -5.03. The maximum absolute atomic E-state index is 13.4. The number of benzene rings is 1. The number of rotatable bonds is 1. The van der Waals surface area contributed by atoms with Gasteiger partial charge in [-0.1, -0.05) is 32.9 Å². The zero-order chi connectivity index (χ0) is 17.6. The number of hydrazone groups is 1. The average molecular weight is 393 g/mol. The van der Waals surface area contributed by atoms with Gasteiger partial charge in [-0.2, -0.15) is 23.3 Å². The Morgan fingerprint density at radius 2 is 1.87 bits per heavy atom. The molecule has 0 fully saturated rings. The third-order valence-corrected chi connectivity index (χ3v) is 4.29. The Morgan fingerprint density at radius 3 is 2.35 bits per heavy atom. The molecule has 2 rings (SSSR count). The Hall–Kier alpha value is -1.41. The van der Waals surface area contributed by atoms with E-state index in [4.69, 9.17) is 0 Å². The Bertz CT molecular complexity index is 667. The molecule has 1 aromatic rings. The third-order valence-electron chi connectivity index (χ3n) is 3.60. The van der Waals surface area contributed by atoms with E-state index in [2.05, 4.69) is 21.0 Å². The van der Waals surface area contributed by atoms with E-state index in [0.29, 0.717) is 4.47 Å². The van der Waals surface area contributed by atoms with Crippen molar-refractivity contribution >= 4 is 27.5 Å². The molecule has 0 saturated heterocycles. The largest absolute Gasteiger partial charge is 0.438 e. The van der Waals surface area contributed by atoms with Gasteiger partial charge in [0.15, 0.2) is 0 Å². The van der Waals surface area contributed by atoms with Crippen LogP contribution in [0.4, 0.5) is 13.2 Å². The van der Waals surface area contributed by atoms with E-state index in [9.17, 15) is 23.1 Å². The molecule has 1 amide bonds. The normalized spacial score (nSPS) is 22.3. The molecule has 0 aliphatic carbocycles. The number of halogens is 4. The van der Waals surface area contributed by atoms with Gasteiger partial charge in [-0.05, 0) is 28.1 Å². The van der Waals surface area contributed by atoms with Gasteiger partial charge in [0, 0.05) is 22.0 Å². The summed E-state index contributed by atoms with van der Waals surface area (Å²) in [5.74, 6) is -1.02.